The fraction of sp³-hybridized carbons (Fsp3) is 0.300. The molecular weight excluding hydrogens is 451 g/mol. The average molecular weight is 470 g/mol. The van der Waals surface area contributed by atoms with E-state index >= 15 is 0 Å². The smallest absolute Gasteiger partial charge is 0.290 e. The largest absolute Gasteiger partial charge is 0.334 e. The van der Waals surface area contributed by atoms with Gasteiger partial charge in [0.25, 0.3) is 10.7 Å². The molecular formula is C20H19BrCl2N2O2. The first kappa shape index (κ1) is 20.2. The maximum Gasteiger partial charge on any atom is 0.290 e. The molecule has 4 nitrogen and oxygen atoms in total. The summed E-state index contributed by atoms with van der Waals surface area (Å²) in [6, 6.07) is 10.8. The Morgan fingerprint density at radius 1 is 1.00 bits per heavy atom. The standard InChI is InChI=1S/C20H19BrCl2N2O2/c1-12-7-13(2)9-15(8-12)19(26)24-5-6-25(20(21)27)18(11-24)14-3-4-16(22)17(23)10-14/h3-4,7-10,18H,5-6,11H2,1-2H3/t18-/m0/s1. The highest BCUT2D eigenvalue weighted by atomic mass is 79.9. The number of piperazine rings is 1. The monoisotopic (exact) mass is 468 g/mol. The normalized spacial score (nSPS) is 17.1. The van der Waals surface area contributed by atoms with E-state index in [0.717, 1.165) is 16.7 Å². The minimum absolute atomic E-state index is 0.0338. The highest BCUT2D eigenvalue weighted by Gasteiger charge is 2.33. The first-order chi connectivity index (χ1) is 12.8. The third-order valence-corrected chi connectivity index (χ3v) is 5.89. The number of benzene rings is 2. The molecule has 0 spiro atoms. The molecule has 0 radical (unpaired) electrons. The molecule has 1 saturated heterocycles. The summed E-state index contributed by atoms with van der Waals surface area (Å²) in [5.41, 5.74) is 3.61. The Hall–Kier alpha value is -1.56. The predicted octanol–water partition coefficient (Wildman–Crippen LogP) is 5.62. The molecule has 0 aromatic heterocycles. The van der Waals surface area contributed by atoms with Crippen LogP contribution >= 0.6 is 39.1 Å². The zero-order chi connectivity index (χ0) is 19.7. The molecule has 1 heterocycles. The highest BCUT2D eigenvalue weighted by molar-refractivity contribution is 9.18. The van der Waals surface area contributed by atoms with Crippen molar-refractivity contribution in [3.05, 3.63) is 68.7 Å². The van der Waals surface area contributed by atoms with Gasteiger partial charge in [-0.15, -0.1) is 0 Å². The van der Waals surface area contributed by atoms with Crippen LogP contribution in [0.2, 0.25) is 10.0 Å². The minimum Gasteiger partial charge on any atom is -0.334 e. The predicted molar refractivity (Wildman–Crippen MR) is 112 cm³/mol. The Morgan fingerprint density at radius 3 is 2.26 bits per heavy atom. The SMILES string of the molecule is Cc1cc(C)cc(C(=O)N2CCN(C(=O)Br)[C@H](c3ccc(Cl)c(Cl)c3)C2)c1. The third-order valence-electron chi connectivity index (χ3n) is 4.69. The lowest BCUT2D eigenvalue weighted by Gasteiger charge is -2.41. The van der Waals surface area contributed by atoms with Gasteiger partial charge in [0.1, 0.15) is 0 Å². The van der Waals surface area contributed by atoms with Crippen molar-refractivity contribution >= 4 is 49.9 Å². The lowest BCUT2D eigenvalue weighted by molar-refractivity contribution is 0.0583. The molecule has 142 valence electrons. The van der Waals surface area contributed by atoms with Gasteiger partial charge in [-0.05, 0) is 43.7 Å². The lowest BCUT2D eigenvalue weighted by Crippen LogP contribution is -2.51. The van der Waals surface area contributed by atoms with Gasteiger partial charge in [-0.2, -0.15) is 0 Å². The van der Waals surface area contributed by atoms with Crippen molar-refractivity contribution in [2.45, 2.75) is 19.9 Å². The molecule has 1 aliphatic heterocycles. The molecule has 0 saturated carbocycles. The Morgan fingerprint density at radius 2 is 1.67 bits per heavy atom. The maximum absolute atomic E-state index is 13.0. The second-order valence-corrected chi connectivity index (χ2v) is 8.26. The van der Waals surface area contributed by atoms with Gasteiger partial charge < -0.3 is 9.80 Å². The van der Waals surface area contributed by atoms with E-state index in [4.69, 9.17) is 23.2 Å². The summed E-state index contributed by atoms with van der Waals surface area (Å²) in [6.07, 6.45) is 0. The molecule has 2 amide bonds. The van der Waals surface area contributed by atoms with Crippen molar-refractivity contribution in [2.24, 2.45) is 0 Å². The Balaban J connectivity index is 1.90. The Labute approximate surface area is 177 Å². The molecule has 3 rings (SSSR count). The number of carbonyl (C=O) groups is 2. The first-order valence-corrected chi connectivity index (χ1v) is 10.1. The van der Waals surface area contributed by atoms with Crippen molar-refractivity contribution in [1.29, 1.82) is 0 Å². The Kier molecular flexibility index (Phi) is 6.14. The molecule has 7 heteroatoms. The highest BCUT2D eigenvalue weighted by Crippen LogP contribution is 2.32. The number of carbonyl (C=O) groups excluding carboxylic acids is 2. The summed E-state index contributed by atoms with van der Waals surface area (Å²) in [4.78, 5) is 28.4. The molecule has 0 bridgehead atoms. The number of hydrogen-bond acceptors (Lipinski definition) is 2. The first-order valence-electron chi connectivity index (χ1n) is 8.55. The molecule has 0 N–H and O–H groups in total. The van der Waals surface area contributed by atoms with Crippen molar-refractivity contribution in [1.82, 2.24) is 9.80 Å². The second kappa shape index (κ2) is 8.21. The van der Waals surface area contributed by atoms with Gasteiger partial charge in [0, 0.05) is 41.1 Å². The zero-order valence-corrected chi connectivity index (χ0v) is 18.1. The van der Waals surface area contributed by atoms with E-state index in [1.165, 1.54) is 0 Å². The molecule has 1 atom stereocenters. The molecule has 0 aliphatic carbocycles. The molecule has 27 heavy (non-hydrogen) atoms. The zero-order valence-electron chi connectivity index (χ0n) is 15.0. The van der Waals surface area contributed by atoms with E-state index < -0.39 is 0 Å². The molecule has 0 unspecified atom stereocenters. The Bertz CT molecular complexity index is 883. The quantitative estimate of drug-likeness (QED) is 0.422. The number of hydrogen-bond donors (Lipinski definition) is 0. The summed E-state index contributed by atoms with van der Waals surface area (Å²) in [5, 5.41) is 0.880. The van der Waals surface area contributed by atoms with Crippen molar-refractivity contribution < 1.29 is 9.59 Å². The second-order valence-electron chi connectivity index (χ2n) is 6.76. The number of aryl methyl sites for hydroxylation is 2. The molecule has 2 aromatic rings. The lowest BCUT2D eigenvalue weighted by atomic mass is 10.0. The van der Waals surface area contributed by atoms with Gasteiger partial charge in [-0.3, -0.25) is 9.59 Å². The van der Waals surface area contributed by atoms with Crippen molar-refractivity contribution in [3.63, 3.8) is 0 Å². The van der Waals surface area contributed by atoms with E-state index in [9.17, 15) is 9.59 Å². The van der Waals surface area contributed by atoms with Crippen LogP contribution in [0.4, 0.5) is 4.79 Å². The molecule has 2 aromatic carbocycles. The fourth-order valence-corrected chi connectivity index (χ4v) is 4.19. The van der Waals surface area contributed by atoms with Gasteiger partial charge >= 0.3 is 0 Å². The maximum atomic E-state index is 13.0. The number of rotatable bonds is 2. The molecule has 1 aliphatic rings. The summed E-state index contributed by atoms with van der Waals surface area (Å²) in [5.74, 6) is -0.0338. The molecule has 1 fully saturated rings. The van der Waals surface area contributed by atoms with Gasteiger partial charge in [-0.1, -0.05) is 46.5 Å². The van der Waals surface area contributed by atoms with Crippen LogP contribution in [-0.2, 0) is 0 Å². The van der Waals surface area contributed by atoms with Crippen LogP contribution in [0.5, 0.6) is 0 Å². The van der Waals surface area contributed by atoms with E-state index in [-0.39, 0.29) is 16.8 Å². The van der Waals surface area contributed by atoms with Crippen LogP contribution in [0.3, 0.4) is 0 Å². The van der Waals surface area contributed by atoms with E-state index in [2.05, 4.69) is 15.9 Å². The van der Waals surface area contributed by atoms with Gasteiger partial charge in [0.15, 0.2) is 0 Å². The van der Waals surface area contributed by atoms with Gasteiger partial charge in [0.2, 0.25) is 0 Å². The van der Waals surface area contributed by atoms with Gasteiger partial charge in [-0.25, -0.2) is 0 Å². The van der Waals surface area contributed by atoms with Crippen molar-refractivity contribution in [3.8, 4) is 0 Å². The van der Waals surface area contributed by atoms with Crippen LogP contribution in [0.25, 0.3) is 0 Å². The van der Waals surface area contributed by atoms with Crippen LogP contribution < -0.4 is 0 Å². The summed E-state index contributed by atoms with van der Waals surface area (Å²) >= 11 is 15.2. The van der Waals surface area contributed by atoms with Crippen LogP contribution in [0.1, 0.15) is 33.1 Å². The van der Waals surface area contributed by atoms with E-state index in [1.54, 1.807) is 21.9 Å². The van der Waals surface area contributed by atoms with E-state index in [1.807, 2.05) is 38.1 Å². The van der Waals surface area contributed by atoms with Crippen molar-refractivity contribution in [2.75, 3.05) is 19.6 Å². The van der Waals surface area contributed by atoms with Crippen LogP contribution in [0, 0.1) is 13.8 Å². The summed E-state index contributed by atoms with van der Waals surface area (Å²) in [6.45, 7) is 5.25. The van der Waals surface area contributed by atoms with Crippen LogP contribution in [0.15, 0.2) is 36.4 Å². The van der Waals surface area contributed by atoms with Crippen LogP contribution in [-0.4, -0.2) is 40.2 Å². The summed E-state index contributed by atoms with van der Waals surface area (Å²) < 4.78 is 0. The minimum atomic E-state index is -0.296. The topological polar surface area (TPSA) is 40.6 Å². The number of amides is 2. The van der Waals surface area contributed by atoms with E-state index in [0.29, 0.717) is 35.2 Å². The third kappa shape index (κ3) is 4.48. The fourth-order valence-electron chi connectivity index (χ4n) is 3.46. The van der Waals surface area contributed by atoms with Gasteiger partial charge in [0.05, 0.1) is 16.1 Å². The number of nitrogens with zero attached hydrogens (tertiary/aromatic N) is 2. The number of halogens is 3. The summed E-state index contributed by atoms with van der Waals surface area (Å²) in [7, 11) is 0. The average Bonchev–Trinajstić information content (AvgIpc) is 2.62.